The van der Waals surface area contributed by atoms with E-state index in [1.165, 1.54) is 5.56 Å². The van der Waals surface area contributed by atoms with Crippen molar-refractivity contribution in [1.29, 1.82) is 0 Å². The van der Waals surface area contributed by atoms with Gasteiger partial charge in [0.2, 0.25) is 0 Å². The monoisotopic (exact) mass is 297 g/mol. The Kier molecular flexibility index (Phi) is 8.69. The number of unbranched alkanes of at least 4 members (excludes halogenated alkanes) is 1. The van der Waals surface area contributed by atoms with Crippen LogP contribution in [0, 0.1) is 0 Å². The predicted molar refractivity (Wildman–Crippen MR) is 82.6 cm³/mol. The number of pyridine rings is 1. The number of rotatable bonds is 11. The van der Waals surface area contributed by atoms with E-state index in [1.54, 1.807) is 6.20 Å². The summed E-state index contributed by atoms with van der Waals surface area (Å²) in [6.07, 6.45) is 6.94. The molecule has 0 aliphatic carbocycles. The van der Waals surface area contributed by atoms with Gasteiger partial charge in [0.05, 0.1) is 0 Å². The van der Waals surface area contributed by atoms with Gasteiger partial charge in [-0.3, -0.25) is 4.98 Å². The van der Waals surface area contributed by atoms with Crippen LogP contribution in [-0.4, -0.2) is 33.6 Å². The molecule has 20 heavy (non-hydrogen) atoms. The Morgan fingerprint density at radius 1 is 1.00 bits per heavy atom. The third-order valence-electron chi connectivity index (χ3n) is 3.01. The third kappa shape index (κ3) is 6.13. The smallest absolute Gasteiger partial charge is 0.374 e. The Morgan fingerprint density at radius 3 is 2.15 bits per heavy atom. The van der Waals surface area contributed by atoms with Crippen LogP contribution in [0.5, 0.6) is 0 Å². The van der Waals surface area contributed by atoms with E-state index in [-0.39, 0.29) is 0 Å². The van der Waals surface area contributed by atoms with Crippen molar-refractivity contribution in [2.45, 2.75) is 46.1 Å². The fraction of sp³-hybridized carbons (Fsp3) is 0.667. The molecule has 0 atom stereocenters. The van der Waals surface area contributed by atoms with Gasteiger partial charge in [0.25, 0.3) is 0 Å². The first-order chi connectivity index (χ1) is 9.76. The predicted octanol–water partition coefficient (Wildman–Crippen LogP) is 3.45. The van der Waals surface area contributed by atoms with E-state index in [0.717, 1.165) is 25.3 Å². The molecule has 5 heteroatoms. The molecular weight excluding hydrogens is 270 g/mol. The number of nitrogens with zero attached hydrogens (tertiary/aromatic N) is 1. The SMILES string of the molecule is CCO[Si](CCCCc1cccnc1)(OCC)OCC. The standard InChI is InChI=1S/C15H27NO3Si/c1-4-17-20(18-5-2,19-6-3)13-8-7-10-15-11-9-12-16-14-15/h9,11-12,14H,4-8,10,13H2,1-3H3. The van der Waals surface area contributed by atoms with E-state index in [1.807, 2.05) is 33.0 Å². The van der Waals surface area contributed by atoms with Gasteiger partial charge >= 0.3 is 8.80 Å². The summed E-state index contributed by atoms with van der Waals surface area (Å²) >= 11 is 0. The highest BCUT2D eigenvalue weighted by atomic mass is 28.4. The summed E-state index contributed by atoms with van der Waals surface area (Å²) in [6.45, 7) is 7.93. The molecule has 4 nitrogen and oxygen atoms in total. The van der Waals surface area contributed by atoms with E-state index in [2.05, 4.69) is 11.1 Å². The number of hydrogen-bond donors (Lipinski definition) is 0. The molecule has 0 aliphatic heterocycles. The number of aromatic nitrogens is 1. The van der Waals surface area contributed by atoms with Gasteiger partial charge in [-0.25, -0.2) is 0 Å². The van der Waals surface area contributed by atoms with Gasteiger partial charge in [-0.1, -0.05) is 6.07 Å². The second-order valence-electron chi connectivity index (χ2n) is 4.55. The molecule has 0 spiro atoms. The Hall–Kier alpha value is -0.753. The molecule has 0 aliphatic rings. The molecule has 0 aromatic carbocycles. The molecule has 0 amide bonds. The topological polar surface area (TPSA) is 40.6 Å². The first-order valence-electron chi connectivity index (χ1n) is 7.57. The van der Waals surface area contributed by atoms with E-state index >= 15 is 0 Å². The van der Waals surface area contributed by atoms with Gasteiger partial charge in [-0.2, -0.15) is 0 Å². The number of hydrogen-bond acceptors (Lipinski definition) is 4. The maximum absolute atomic E-state index is 5.84. The van der Waals surface area contributed by atoms with Crippen LogP contribution in [0.15, 0.2) is 24.5 Å². The van der Waals surface area contributed by atoms with Crippen molar-refractivity contribution in [1.82, 2.24) is 4.98 Å². The van der Waals surface area contributed by atoms with Crippen LogP contribution in [0.4, 0.5) is 0 Å². The highest BCUT2D eigenvalue weighted by Gasteiger charge is 2.39. The molecule has 1 aromatic rings. The molecular formula is C15H27NO3Si. The Labute approximate surface area is 123 Å². The van der Waals surface area contributed by atoms with Crippen LogP contribution < -0.4 is 0 Å². The maximum Gasteiger partial charge on any atom is 0.500 e. The summed E-state index contributed by atoms with van der Waals surface area (Å²) in [5.74, 6) is 0. The van der Waals surface area contributed by atoms with Crippen LogP contribution in [-0.2, 0) is 19.7 Å². The molecule has 0 unspecified atom stereocenters. The van der Waals surface area contributed by atoms with Crippen LogP contribution in [0.3, 0.4) is 0 Å². The quantitative estimate of drug-likeness (QED) is 0.463. The molecule has 0 fully saturated rings. The van der Waals surface area contributed by atoms with E-state index in [4.69, 9.17) is 13.3 Å². The van der Waals surface area contributed by atoms with Gasteiger partial charge in [0.15, 0.2) is 0 Å². The van der Waals surface area contributed by atoms with E-state index < -0.39 is 8.80 Å². The minimum absolute atomic E-state index is 0.648. The molecule has 114 valence electrons. The zero-order chi connectivity index (χ0) is 14.7. The molecule has 1 heterocycles. The zero-order valence-corrected chi connectivity index (χ0v) is 13.9. The van der Waals surface area contributed by atoms with Crippen LogP contribution >= 0.6 is 0 Å². The van der Waals surface area contributed by atoms with Crippen LogP contribution in [0.2, 0.25) is 6.04 Å². The summed E-state index contributed by atoms with van der Waals surface area (Å²) < 4.78 is 17.5. The lowest BCUT2D eigenvalue weighted by Crippen LogP contribution is -2.45. The molecule has 1 aromatic heterocycles. The minimum atomic E-state index is -2.45. The van der Waals surface area contributed by atoms with Crippen molar-refractivity contribution in [2.24, 2.45) is 0 Å². The first-order valence-corrected chi connectivity index (χ1v) is 9.50. The van der Waals surface area contributed by atoms with E-state index in [0.29, 0.717) is 19.8 Å². The normalized spacial score (nSPS) is 11.8. The van der Waals surface area contributed by atoms with Crippen molar-refractivity contribution in [3.63, 3.8) is 0 Å². The minimum Gasteiger partial charge on any atom is -0.374 e. The maximum atomic E-state index is 5.84. The van der Waals surface area contributed by atoms with Crippen molar-refractivity contribution in [3.05, 3.63) is 30.1 Å². The fourth-order valence-corrected chi connectivity index (χ4v) is 4.90. The molecule has 0 N–H and O–H groups in total. The second-order valence-corrected chi connectivity index (χ2v) is 7.28. The lowest BCUT2D eigenvalue weighted by molar-refractivity contribution is 0.0707. The molecule has 0 bridgehead atoms. The van der Waals surface area contributed by atoms with Gasteiger partial charge in [0, 0.05) is 38.3 Å². The van der Waals surface area contributed by atoms with Crippen LogP contribution in [0.25, 0.3) is 0 Å². The molecule has 0 saturated heterocycles. The Balaban J connectivity index is 2.40. The second kappa shape index (κ2) is 10.0. The van der Waals surface area contributed by atoms with Crippen LogP contribution in [0.1, 0.15) is 39.2 Å². The van der Waals surface area contributed by atoms with Crippen molar-refractivity contribution < 1.29 is 13.3 Å². The lowest BCUT2D eigenvalue weighted by atomic mass is 10.1. The van der Waals surface area contributed by atoms with Crippen molar-refractivity contribution in [3.8, 4) is 0 Å². The van der Waals surface area contributed by atoms with Crippen molar-refractivity contribution >= 4 is 8.80 Å². The highest BCUT2D eigenvalue weighted by Crippen LogP contribution is 2.20. The summed E-state index contributed by atoms with van der Waals surface area (Å²) in [6, 6.07) is 4.99. The highest BCUT2D eigenvalue weighted by molar-refractivity contribution is 6.60. The average molecular weight is 297 g/mol. The number of aryl methyl sites for hydroxylation is 1. The summed E-state index contributed by atoms with van der Waals surface area (Å²) in [5.41, 5.74) is 1.28. The largest absolute Gasteiger partial charge is 0.500 e. The zero-order valence-electron chi connectivity index (χ0n) is 12.9. The lowest BCUT2D eigenvalue weighted by Gasteiger charge is -2.28. The van der Waals surface area contributed by atoms with Gasteiger partial charge in [-0.15, -0.1) is 0 Å². The first kappa shape index (κ1) is 17.3. The average Bonchev–Trinajstić information content (AvgIpc) is 2.46. The summed E-state index contributed by atoms with van der Waals surface area (Å²) in [4.78, 5) is 4.14. The Morgan fingerprint density at radius 2 is 1.65 bits per heavy atom. The molecule has 1 rings (SSSR count). The van der Waals surface area contributed by atoms with E-state index in [9.17, 15) is 0 Å². The Bertz CT molecular complexity index is 331. The van der Waals surface area contributed by atoms with Crippen molar-refractivity contribution in [2.75, 3.05) is 19.8 Å². The van der Waals surface area contributed by atoms with Gasteiger partial charge in [0.1, 0.15) is 0 Å². The molecule has 0 radical (unpaired) electrons. The third-order valence-corrected chi connectivity index (χ3v) is 6.17. The molecule has 0 saturated carbocycles. The summed E-state index contributed by atoms with van der Waals surface area (Å²) in [7, 11) is -2.45. The fourth-order valence-electron chi connectivity index (χ4n) is 2.22. The summed E-state index contributed by atoms with van der Waals surface area (Å²) in [5, 5.41) is 0. The van der Waals surface area contributed by atoms with Gasteiger partial charge < -0.3 is 13.3 Å². The van der Waals surface area contributed by atoms with Gasteiger partial charge in [-0.05, 0) is 51.7 Å².